The van der Waals surface area contributed by atoms with Crippen LogP contribution >= 0.6 is 11.3 Å². The molecule has 3 rings (SSSR count). The van der Waals surface area contributed by atoms with Crippen LogP contribution in [-0.2, 0) is 0 Å². The second-order valence-corrected chi connectivity index (χ2v) is 9.33. The lowest BCUT2D eigenvalue weighted by Gasteiger charge is -2.36. The van der Waals surface area contributed by atoms with Crippen molar-refractivity contribution in [3.05, 3.63) is 46.7 Å². The molecule has 0 radical (unpaired) electrons. The third kappa shape index (κ3) is 5.06. The molecule has 152 valence electrons. The highest BCUT2D eigenvalue weighted by Crippen LogP contribution is 2.35. The average Bonchev–Trinajstić information content (AvgIpc) is 3.20. The van der Waals surface area contributed by atoms with Crippen molar-refractivity contribution in [1.82, 2.24) is 10.2 Å². The first-order valence-corrected chi connectivity index (χ1v) is 10.9. The summed E-state index contributed by atoms with van der Waals surface area (Å²) in [5, 5.41) is 8.34. The van der Waals surface area contributed by atoms with Gasteiger partial charge in [0.15, 0.2) is 0 Å². The Bertz CT molecular complexity index is 761. The van der Waals surface area contributed by atoms with Gasteiger partial charge in [-0.1, -0.05) is 45.9 Å². The number of anilines is 2. The summed E-state index contributed by atoms with van der Waals surface area (Å²) in [6.07, 6.45) is 0. The third-order valence-electron chi connectivity index (χ3n) is 5.28. The van der Waals surface area contributed by atoms with Crippen molar-refractivity contribution in [3.63, 3.8) is 0 Å². The molecule has 5 nitrogen and oxygen atoms in total. The van der Waals surface area contributed by atoms with Gasteiger partial charge in [0.1, 0.15) is 0 Å². The number of nitrogens with one attached hydrogen (secondary N) is 2. The molecule has 1 saturated heterocycles. The van der Waals surface area contributed by atoms with Crippen LogP contribution in [0.25, 0.3) is 0 Å². The van der Waals surface area contributed by atoms with Crippen molar-refractivity contribution in [1.29, 1.82) is 0 Å². The van der Waals surface area contributed by atoms with E-state index >= 15 is 0 Å². The summed E-state index contributed by atoms with van der Waals surface area (Å²) in [4.78, 5) is 18.8. The molecular formula is C22H32N4OS. The van der Waals surface area contributed by atoms with E-state index in [-0.39, 0.29) is 17.5 Å². The van der Waals surface area contributed by atoms with Gasteiger partial charge in [0.05, 0.1) is 17.4 Å². The van der Waals surface area contributed by atoms with Gasteiger partial charge in [0.2, 0.25) is 0 Å². The van der Waals surface area contributed by atoms with E-state index in [9.17, 15) is 4.79 Å². The minimum atomic E-state index is -0.159. The Kier molecular flexibility index (Phi) is 6.62. The molecule has 1 aromatic carbocycles. The number of hydrogen-bond donors (Lipinski definition) is 2. The van der Waals surface area contributed by atoms with Crippen LogP contribution in [0.1, 0.15) is 38.6 Å². The maximum Gasteiger partial charge on any atom is 0.319 e. The van der Waals surface area contributed by atoms with Gasteiger partial charge in [-0.2, -0.15) is 0 Å². The number of urea groups is 1. The van der Waals surface area contributed by atoms with E-state index in [4.69, 9.17) is 0 Å². The number of likely N-dealkylation sites (N-methyl/N-ethyl adjacent to an activating group) is 1. The highest BCUT2D eigenvalue weighted by Gasteiger charge is 2.29. The number of thiophene rings is 1. The van der Waals surface area contributed by atoms with Gasteiger partial charge >= 0.3 is 6.03 Å². The number of rotatable bonds is 5. The quantitative estimate of drug-likeness (QED) is 0.758. The molecule has 2 amide bonds. The van der Waals surface area contributed by atoms with Crippen LogP contribution in [0.2, 0.25) is 0 Å². The molecule has 2 N–H and O–H groups in total. The number of piperazine rings is 1. The second-order valence-electron chi connectivity index (χ2n) is 8.35. The maximum atomic E-state index is 12.9. The molecule has 0 bridgehead atoms. The Morgan fingerprint density at radius 2 is 1.82 bits per heavy atom. The molecule has 1 aromatic heterocycles. The maximum absolute atomic E-state index is 12.9. The Hall–Kier alpha value is -2.05. The molecule has 0 unspecified atom stereocenters. The first-order chi connectivity index (χ1) is 13.4. The molecule has 1 atom stereocenters. The van der Waals surface area contributed by atoms with Crippen molar-refractivity contribution in [2.24, 2.45) is 5.41 Å². The fraction of sp³-hybridized carbons (Fsp3) is 0.500. The smallest absolute Gasteiger partial charge is 0.319 e. The van der Waals surface area contributed by atoms with Crippen LogP contribution in [0.15, 0.2) is 41.8 Å². The molecule has 0 saturated carbocycles. The van der Waals surface area contributed by atoms with Gasteiger partial charge in [-0.15, -0.1) is 11.3 Å². The molecule has 6 heteroatoms. The largest absolute Gasteiger partial charge is 0.367 e. The van der Waals surface area contributed by atoms with Gasteiger partial charge in [-0.25, -0.2) is 4.79 Å². The first kappa shape index (κ1) is 20.7. The van der Waals surface area contributed by atoms with E-state index in [1.165, 1.54) is 4.88 Å². The average molecular weight is 401 g/mol. The Balaban J connectivity index is 1.70. The van der Waals surface area contributed by atoms with Gasteiger partial charge in [0.25, 0.3) is 0 Å². The van der Waals surface area contributed by atoms with Crippen molar-refractivity contribution in [2.45, 2.75) is 33.7 Å². The minimum Gasteiger partial charge on any atom is -0.367 e. The number of carbonyl (C=O) groups excluding carboxylic acids is 1. The van der Waals surface area contributed by atoms with Crippen LogP contribution < -0.4 is 15.5 Å². The number of hydrogen-bond acceptors (Lipinski definition) is 4. The fourth-order valence-corrected chi connectivity index (χ4v) is 4.64. The Morgan fingerprint density at radius 1 is 1.11 bits per heavy atom. The van der Waals surface area contributed by atoms with Gasteiger partial charge in [-0.05, 0) is 35.5 Å². The first-order valence-electron chi connectivity index (χ1n) is 10.1. The van der Waals surface area contributed by atoms with Gasteiger partial charge in [-0.3, -0.25) is 0 Å². The third-order valence-corrected chi connectivity index (χ3v) is 6.22. The summed E-state index contributed by atoms with van der Waals surface area (Å²) in [5.41, 5.74) is 1.89. The number of benzene rings is 1. The van der Waals surface area contributed by atoms with Crippen molar-refractivity contribution >= 4 is 28.7 Å². The molecule has 0 spiro atoms. The minimum absolute atomic E-state index is 0.0345. The van der Waals surface area contributed by atoms with E-state index in [1.54, 1.807) is 11.3 Å². The number of para-hydroxylation sites is 2. The van der Waals surface area contributed by atoms with Crippen LogP contribution in [0.5, 0.6) is 0 Å². The summed E-state index contributed by atoms with van der Waals surface area (Å²) < 4.78 is 0. The number of amides is 2. The Labute approximate surface area is 172 Å². The lowest BCUT2D eigenvalue weighted by Crippen LogP contribution is -2.46. The molecule has 2 aromatic rings. The van der Waals surface area contributed by atoms with Crippen LogP contribution in [0, 0.1) is 5.41 Å². The van der Waals surface area contributed by atoms with Crippen molar-refractivity contribution in [2.75, 3.05) is 42.9 Å². The van der Waals surface area contributed by atoms with Gasteiger partial charge < -0.3 is 20.4 Å². The highest BCUT2D eigenvalue weighted by molar-refractivity contribution is 7.10. The molecular weight excluding hydrogens is 368 g/mol. The predicted molar refractivity (Wildman–Crippen MR) is 119 cm³/mol. The summed E-state index contributed by atoms with van der Waals surface area (Å²) >= 11 is 1.68. The van der Waals surface area contributed by atoms with Gasteiger partial charge in [0, 0.05) is 31.1 Å². The SMILES string of the molecule is CCN1CCN(c2ccccc2NC(=O)N[C@@H](c2cccs2)C(C)(C)C)CC1. The van der Waals surface area contributed by atoms with E-state index in [0.717, 1.165) is 44.1 Å². The molecule has 0 aliphatic carbocycles. The van der Waals surface area contributed by atoms with Crippen LogP contribution in [0.4, 0.5) is 16.2 Å². The number of nitrogens with zero attached hydrogens (tertiary/aromatic N) is 2. The highest BCUT2D eigenvalue weighted by atomic mass is 32.1. The molecule has 1 fully saturated rings. The van der Waals surface area contributed by atoms with E-state index in [0.29, 0.717) is 0 Å². The topological polar surface area (TPSA) is 47.6 Å². The monoisotopic (exact) mass is 400 g/mol. The van der Waals surface area contributed by atoms with Crippen LogP contribution in [-0.4, -0.2) is 43.7 Å². The van der Waals surface area contributed by atoms with Crippen molar-refractivity contribution in [3.8, 4) is 0 Å². The zero-order valence-corrected chi connectivity index (χ0v) is 18.2. The van der Waals surface area contributed by atoms with E-state index < -0.39 is 0 Å². The molecule has 1 aliphatic heterocycles. The standard InChI is InChI=1S/C22H32N4OS/c1-5-25-12-14-26(15-13-25)18-10-7-6-9-17(18)23-21(27)24-20(22(2,3)4)19-11-8-16-28-19/h6-11,16,20H,5,12-15H2,1-4H3,(H2,23,24,27)/t20-/m0/s1. The van der Waals surface area contributed by atoms with Crippen molar-refractivity contribution < 1.29 is 4.79 Å². The normalized spacial score (nSPS) is 16.6. The lowest BCUT2D eigenvalue weighted by atomic mass is 9.86. The predicted octanol–water partition coefficient (Wildman–Crippen LogP) is 4.80. The summed E-state index contributed by atoms with van der Waals surface area (Å²) in [6.45, 7) is 13.8. The number of carbonyl (C=O) groups is 1. The fourth-order valence-electron chi connectivity index (χ4n) is 3.62. The summed E-state index contributed by atoms with van der Waals surface area (Å²) in [7, 11) is 0. The summed E-state index contributed by atoms with van der Waals surface area (Å²) in [5.74, 6) is 0. The summed E-state index contributed by atoms with van der Waals surface area (Å²) in [6, 6.07) is 12.0. The van der Waals surface area contributed by atoms with E-state index in [1.807, 2.05) is 24.3 Å². The zero-order valence-electron chi connectivity index (χ0n) is 17.4. The lowest BCUT2D eigenvalue weighted by molar-refractivity contribution is 0.230. The molecule has 1 aliphatic rings. The molecule has 2 heterocycles. The zero-order chi connectivity index (χ0) is 20.1. The second kappa shape index (κ2) is 8.97. The van der Waals surface area contributed by atoms with Crippen LogP contribution in [0.3, 0.4) is 0 Å². The molecule has 28 heavy (non-hydrogen) atoms. The van der Waals surface area contributed by atoms with E-state index in [2.05, 4.69) is 65.6 Å². The Morgan fingerprint density at radius 3 is 2.43 bits per heavy atom.